The first kappa shape index (κ1) is 29.8. The Morgan fingerprint density at radius 3 is 1.91 bits per heavy atom. The minimum absolute atomic E-state index is 0.230. The largest absolute Gasteiger partial charge is 0.456 e. The average molecular weight is 683 g/mol. The lowest BCUT2D eigenvalue weighted by Crippen LogP contribution is -2.17. The lowest BCUT2D eigenvalue weighted by atomic mass is 9.80. The van der Waals surface area contributed by atoms with E-state index in [1.165, 1.54) is 22.3 Å². The summed E-state index contributed by atoms with van der Waals surface area (Å²) in [4.78, 5) is 20.5. The zero-order valence-electron chi connectivity index (χ0n) is 29.0. The molecule has 0 saturated carbocycles. The second-order valence-electron chi connectivity index (χ2n) is 14.2. The van der Waals surface area contributed by atoms with Crippen LogP contribution in [0.2, 0.25) is 0 Å². The number of hydrogen-bond donors (Lipinski definition) is 0. The molecule has 11 rings (SSSR count). The molecule has 0 atom stereocenters. The van der Waals surface area contributed by atoms with Gasteiger partial charge < -0.3 is 8.83 Å². The Balaban J connectivity index is 1.15. The Morgan fingerprint density at radius 1 is 0.453 bits per heavy atom. The zero-order chi connectivity index (χ0) is 35.3. The molecule has 3 aromatic heterocycles. The number of oxazole rings is 1. The van der Waals surface area contributed by atoms with Crippen LogP contribution in [-0.4, -0.2) is 19.9 Å². The fourth-order valence-corrected chi connectivity index (χ4v) is 8.28. The van der Waals surface area contributed by atoms with Gasteiger partial charge in [0.1, 0.15) is 16.7 Å². The van der Waals surface area contributed by atoms with Crippen molar-refractivity contribution in [3.8, 4) is 56.7 Å². The van der Waals surface area contributed by atoms with Crippen molar-refractivity contribution < 1.29 is 8.83 Å². The molecule has 0 fully saturated rings. The quantitative estimate of drug-likeness (QED) is 0.184. The molecule has 53 heavy (non-hydrogen) atoms. The molecule has 6 nitrogen and oxygen atoms in total. The van der Waals surface area contributed by atoms with Crippen molar-refractivity contribution in [3.63, 3.8) is 0 Å². The maximum atomic E-state index is 6.45. The van der Waals surface area contributed by atoms with Gasteiger partial charge >= 0.3 is 0 Å². The highest BCUT2D eigenvalue weighted by atomic mass is 16.4. The number of furan rings is 1. The predicted molar refractivity (Wildman–Crippen MR) is 211 cm³/mol. The van der Waals surface area contributed by atoms with E-state index in [-0.39, 0.29) is 5.41 Å². The van der Waals surface area contributed by atoms with Crippen LogP contribution >= 0.6 is 0 Å². The van der Waals surface area contributed by atoms with E-state index >= 15 is 0 Å². The van der Waals surface area contributed by atoms with Crippen molar-refractivity contribution in [2.75, 3.05) is 0 Å². The van der Waals surface area contributed by atoms with Gasteiger partial charge in [0.25, 0.3) is 0 Å². The van der Waals surface area contributed by atoms with Gasteiger partial charge in [-0.2, -0.15) is 0 Å². The van der Waals surface area contributed by atoms with Gasteiger partial charge in [-0.1, -0.05) is 123 Å². The van der Waals surface area contributed by atoms with E-state index < -0.39 is 0 Å². The van der Waals surface area contributed by atoms with Crippen molar-refractivity contribution in [2.24, 2.45) is 0 Å². The molecule has 0 N–H and O–H groups in total. The smallest absolute Gasteiger partial charge is 0.227 e. The fourth-order valence-electron chi connectivity index (χ4n) is 8.28. The van der Waals surface area contributed by atoms with E-state index in [9.17, 15) is 0 Å². The fraction of sp³-hybridized carbons (Fsp3) is 0.0638. The molecule has 0 unspecified atom stereocenters. The van der Waals surface area contributed by atoms with Crippen LogP contribution in [0.1, 0.15) is 25.0 Å². The highest BCUT2D eigenvalue weighted by molar-refractivity contribution is 6.25. The van der Waals surface area contributed by atoms with Crippen molar-refractivity contribution in [3.05, 3.63) is 157 Å². The van der Waals surface area contributed by atoms with Crippen LogP contribution in [0, 0.1) is 0 Å². The van der Waals surface area contributed by atoms with Gasteiger partial charge in [-0.05, 0) is 69.4 Å². The molecular formula is C47H30N4O2. The second-order valence-corrected chi connectivity index (χ2v) is 14.2. The maximum Gasteiger partial charge on any atom is 0.227 e. The van der Waals surface area contributed by atoms with E-state index in [0.717, 1.165) is 60.5 Å². The number of nitrogens with zero attached hydrogens (tertiary/aromatic N) is 4. The van der Waals surface area contributed by atoms with Gasteiger partial charge in [-0.25, -0.2) is 19.9 Å². The molecule has 0 spiro atoms. The van der Waals surface area contributed by atoms with Gasteiger partial charge in [-0.15, -0.1) is 0 Å². The van der Waals surface area contributed by atoms with Crippen LogP contribution in [0.5, 0.6) is 0 Å². The molecule has 250 valence electrons. The molecule has 0 amide bonds. The van der Waals surface area contributed by atoms with E-state index in [1.54, 1.807) is 0 Å². The Labute approximate surface area is 304 Å². The van der Waals surface area contributed by atoms with Gasteiger partial charge in [-0.3, -0.25) is 0 Å². The van der Waals surface area contributed by atoms with Crippen molar-refractivity contribution in [2.45, 2.75) is 19.3 Å². The molecule has 7 aromatic carbocycles. The summed E-state index contributed by atoms with van der Waals surface area (Å²) in [5.74, 6) is 2.45. The van der Waals surface area contributed by atoms with Crippen molar-refractivity contribution >= 4 is 43.8 Å². The first-order chi connectivity index (χ1) is 26.0. The number of fused-ring (bicyclic) bond motifs is 10. The predicted octanol–water partition coefficient (Wildman–Crippen LogP) is 12.0. The molecule has 1 aliphatic carbocycles. The molecule has 0 saturated heterocycles. The number of hydrogen-bond acceptors (Lipinski definition) is 6. The summed E-state index contributed by atoms with van der Waals surface area (Å²) < 4.78 is 12.7. The summed E-state index contributed by atoms with van der Waals surface area (Å²) in [6.45, 7) is 4.58. The molecule has 3 heterocycles. The van der Waals surface area contributed by atoms with Crippen LogP contribution in [0.3, 0.4) is 0 Å². The normalized spacial score (nSPS) is 13.2. The highest BCUT2D eigenvalue weighted by Crippen LogP contribution is 2.52. The number of rotatable bonds is 4. The number of benzene rings is 7. The summed E-state index contributed by atoms with van der Waals surface area (Å²) >= 11 is 0. The SMILES string of the molecule is CC1(C)c2ccccc2-c2cccc(-c3nc(-c4ccccc4)nc(-c4ccc5ccc6oc7ccc8oc(-c9ccccc9)nc8c7c6c5c4)n3)c21. The molecule has 6 heteroatoms. The summed E-state index contributed by atoms with van der Waals surface area (Å²) in [7, 11) is 0. The number of aromatic nitrogens is 4. The van der Waals surface area contributed by atoms with E-state index in [4.69, 9.17) is 28.8 Å². The van der Waals surface area contributed by atoms with Crippen LogP contribution < -0.4 is 0 Å². The minimum Gasteiger partial charge on any atom is -0.456 e. The third kappa shape index (κ3) is 4.45. The summed E-state index contributed by atoms with van der Waals surface area (Å²) in [6, 6.07) is 49.7. The van der Waals surface area contributed by atoms with E-state index in [1.807, 2.05) is 78.9 Å². The lowest BCUT2D eigenvalue weighted by Gasteiger charge is -2.24. The Kier molecular flexibility index (Phi) is 6.20. The van der Waals surface area contributed by atoms with Crippen molar-refractivity contribution in [1.82, 2.24) is 19.9 Å². The summed E-state index contributed by atoms with van der Waals surface area (Å²) in [5, 5.41) is 4.01. The van der Waals surface area contributed by atoms with Crippen LogP contribution in [-0.2, 0) is 5.41 Å². The minimum atomic E-state index is -0.230. The second kappa shape index (κ2) is 11.0. The standard InChI is InChI=1S/C47H30N4O2/c1-47(2)35-19-10-9-16-31(35)32-17-11-18-33(41(32)47)45-50-43(28-12-5-3-6-13-28)49-44(51-45)30-21-20-27-22-23-36-39(34(27)26-30)40-37(52-36)24-25-38-42(40)48-46(53-38)29-14-7-4-8-15-29/h3-26H,1-2H3. The van der Waals surface area contributed by atoms with Crippen LogP contribution in [0.15, 0.2) is 154 Å². The summed E-state index contributed by atoms with van der Waals surface area (Å²) in [5.41, 5.74) is 11.6. The zero-order valence-corrected chi connectivity index (χ0v) is 29.0. The Bertz CT molecular complexity index is 3090. The highest BCUT2D eigenvalue weighted by Gasteiger charge is 2.38. The Hall–Kier alpha value is -6.92. The first-order valence-electron chi connectivity index (χ1n) is 17.8. The molecule has 10 aromatic rings. The monoisotopic (exact) mass is 682 g/mol. The van der Waals surface area contributed by atoms with E-state index in [0.29, 0.717) is 28.9 Å². The van der Waals surface area contributed by atoms with E-state index in [2.05, 4.69) is 80.6 Å². The topological polar surface area (TPSA) is 77.8 Å². The van der Waals surface area contributed by atoms with Gasteiger partial charge in [0, 0.05) is 33.1 Å². The van der Waals surface area contributed by atoms with Gasteiger partial charge in [0.15, 0.2) is 23.1 Å². The summed E-state index contributed by atoms with van der Waals surface area (Å²) in [6.07, 6.45) is 0. The third-order valence-electron chi connectivity index (χ3n) is 10.7. The third-order valence-corrected chi connectivity index (χ3v) is 10.7. The molecule has 0 aliphatic heterocycles. The van der Waals surface area contributed by atoms with Crippen LogP contribution in [0.25, 0.3) is 101 Å². The van der Waals surface area contributed by atoms with Crippen LogP contribution in [0.4, 0.5) is 0 Å². The Morgan fingerprint density at radius 2 is 1.08 bits per heavy atom. The first-order valence-corrected chi connectivity index (χ1v) is 17.8. The lowest BCUT2D eigenvalue weighted by molar-refractivity contribution is 0.619. The molecule has 0 radical (unpaired) electrons. The van der Waals surface area contributed by atoms with Gasteiger partial charge in [0.2, 0.25) is 5.89 Å². The molecule has 1 aliphatic rings. The average Bonchev–Trinajstić information content (AvgIpc) is 3.89. The maximum absolute atomic E-state index is 6.45. The van der Waals surface area contributed by atoms with Crippen molar-refractivity contribution in [1.29, 1.82) is 0 Å². The molecular weight excluding hydrogens is 653 g/mol. The molecule has 0 bridgehead atoms. The van der Waals surface area contributed by atoms with Gasteiger partial charge in [0.05, 0.1) is 5.39 Å².